The first kappa shape index (κ1) is 16.8. The number of aryl methyl sites for hydroxylation is 1. The van der Waals surface area contributed by atoms with Crippen molar-refractivity contribution < 1.29 is 13.6 Å². The largest absolute Gasteiger partial charge is 0.341 e. The molecule has 0 heterocycles. The topological polar surface area (TPSA) is 29.1 Å². The van der Waals surface area contributed by atoms with Gasteiger partial charge in [0.1, 0.15) is 0 Å². The average Bonchev–Trinajstić information content (AvgIpc) is 2.63. The number of carbonyl (C=O) groups excluding carboxylic acids is 1. The molecule has 0 radical (unpaired) electrons. The molecule has 0 aliphatic rings. The van der Waals surface area contributed by atoms with Crippen LogP contribution in [-0.2, 0) is 0 Å². The third-order valence-corrected chi connectivity index (χ3v) is 4.02. The van der Waals surface area contributed by atoms with Crippen molar-refractivity contribution in [3.05, 3.63) is 107 Å². The van der Waals surface area contributed by atoms with Crippen LogP contribution in [0.3, 0.4) is 0 Å². The number of carbonyl (C=O) groups is 1. The Bertz CT molecular complexity index is 876. The van der Waals surface area contributed by atoms with Gasteiger partial charge in [-0.1, -0.05) is 66.2 Å². The summed E-state index contributed by atoms with van der Waals surface area (Å²) in [6, 6.07) is 20.2. The standard InChI is InChI=1S/C21H17F2NO/c1-14-10-12-16(13-11-14)20(15-6-3-2-4-7-15)24-21(25)17-8-5-9-18(22)19(17)23/h2-13,20H,1H3,(H,24,25). The molecule has 1 N–H and O–H groups in total. The summed E-state index contributed by atoms with van der Waals surface area (Å²) in [5.74, 6) is -2.85. The van der Waals surface area contributed by atoms with Gasteiger partial charge in [0, 0.05) is 0 Å². The fourth-order valence-electron chi connectivity index (χ4n) is 2.65. The van der Waals surface area contributed by atoms with Gasteiger partial charge >= 0.3 is 0 Å². The van der Waals surface area contributed by atoms with Gasteiger partial charge in [-0.25, -0.2) is 8.78 Å². The van der Waals surface area contributed by atoms with Crippen molar-refractivity contribution in [2.45, 2.75) is 13.0 Å². The molecule has 0 fully saturated rings. The maximum atomic E-state index is 13.9. The quantitative estimate of drug-likeness (QED) is 0.728. The van der Waals surface area contributed by atoms with Crippen molar-refractivity contribution in [3.63, 3.8) is 0 Å². The van der Waals surface area contributed by atoms with Crippen LogP contribution in [0.2, 0.25) is 0 Å². The van der Waals surface area contributed by atoms with Crippen molar-refractivity contribution in [3.8, 4) is 0 Å². The Morgan fingerprint density at radius 2 is 1.48 bits per heavy atom. The Kier molecular flexibility index (Phi) is 4.89. The Labute approximate surface area is 145 Å². The number of benzene rings is 3. The molecule has 0 spiro atoms. The molecule has 2 nitrogen and oxygen atoms in total. The van der Waals surface area contributed by atoms with Crippen LogP contribution in [0.5, 0.6) is 0 Å². The lowest BCUT2D eigenvalue weighted by Gasteiger charge is -2.20. The van der Waals surface area contributed by atoms with Crippen LogP contribution >= 0.6 is 0 Å². The van der Waals surface area contributed by atoms with Gasteiger partial charge in [-0.2, -0.15) is 0 Å². The lowest BCUT2D eigenvalue weighted by Crippen LogP contribution is -2.30. The highest BCUT2D eigenvalue weighted by Gasteiger charge is 2.21. The molecular weight excluding hydrogens is 320 g/mol. The van der Waals surface area contributed by atoms with E-state index in [-0.39, 0.29) is 5.56 Å². The van der Waals surface area contributed by atoms with Crippen LogP contribution in [0.25, 0.3) is 0 Å². The average molecular weight is 337 g/mol. The first-order valence-corrected chi connectivity index (χ1v) is 7.92. The fourth-order valence-corrected chi connectivity index (χ4v) is 2.65. The molecule has 3 rings (SSSR count). The van der Waals surface area contributed by atoms with Crippen LogP contribution < -0.4 is 5.32 Å². The number of nitrogens with one attached hydrogen (secondary N) is 1. The predicted molar refractivity (Wildman–Crippen MR) is 93.3 cm³/mol. The van der Waals surface area contributed by atoms with Crippen LogP contribution in [0.4, 0.5) is 8.78 Å². The molecule has 0 bridgehead atoms. The molecule has 1 atom stereocenters. The molecule has 1 unspecified atom stereocenters. The van der Waals surface area contributed by atoms with Gasteiger partial charge in [0.15, 0.2) is 11.6 Å². The minimum absolute atomic E-state index is 0.312. The lowest BCUT2D eigenvalue weighted by molar-refractivity contribution is 0.0938. The maximum Gasteiger partial charge on any atom is 0.255 e. The van der Waals surface area contributed by atoms with Crippen molar-refractivity contribution in [1.29, 1.82) is 0 Å². The third-order valence-electron chi connectivity index (χ3n) is 4.02. The van der Waals surface area contributed by atoms with Crippen LogP contribution in [0.15, 0.2) is 72.8 Å². The molecular formula is C21H17F2NO. The van der Waals surface area contributed by atoms with Gasteiger partial charge in [-0.05, 0) is 30.2 Å². The van der Waals surface area contributed by atoms with E-state index in [0.717, 1.165) is 22.8 Å². The summed E-state index contributed by atoms with van der Waals surface area (Å²) >= 11 is 0. The highest BCUT2D eigenvalue weighted by atomic mass is 19.2. The van der Waals surface area contributed by atoms with E-state index in [1.54, 1.807) is 0 Å². The van der Waals surface area contributed by atoms with Crippen LogP contribution in [0.1, 0.15) is 33.1 Å². The van der Waals surface area contributed by atoms with Gasteiger partial charge in [0.05, 0.1) is 11.6 Å². The van der Waals surface area contributed by atoms with E-state index in [9.17, 15) is 13.6 Å². The molecule has 0 aromatic heterocycles. The van der Waals surface area contributed by atoms with Crippen molar-refractivity contribution in [1.82, 2.24) is 5.32 Å². The summed E-state index contributed by atoms with van der Waals surface area (Å²) in [6.07, 6.45) is 0. The second-order valence-electron chi connectivity index (χ2n) is 5.83. The summed E-state index contributed by atoms with van der Waals surface area (Å²) < 4.78 is 27.3. The maximum absolute atomic E-state index is 13.9. The van der Waals surface area contributed by atoms with Gasteiger partial charge in [0.25, 0.3) is 5.91 Å². The minimum atomic E-state index is -1.14. The van der Waals surface area contributed by atoms with E-state index >= 15 is 0 Å². The molecule has 0 aliphatic heterocycles. The van der Waals surface area contributed by atoms with E-state index < -0.39 is 23.6 Å². The molecule has 25 heavy (non-hydrogen) atoms. The summed E-state index contributed by atoms with van der Waals surface area (Å²) in [6.45, 7) is 1.97. The van der Waals surface area contributed by atoms with Crippen LogP contribution in [0, 0.1) is 18.6 Å². The Balaban J connectivity index is 1.96. The second-order valence-corrected chi connectivity index (χ2v) is 5.83. The lowest BCUT2D eigenvalue weighted by atomic mass is 9.97. The number of hydrogen-bond donors (Lipinski definition) is 1. The smallest absolute Gasteiger partial charge is 0.255 e. The molecule has 0 aliphatic carbocycles. The van der Waals surface area contributed by atoms with Gasteiger partial charge in [0.2, 0.25) is 0 Å². The Morgan fingerprint density at radius 3 is 2.16 bits per heavy atom. The first-order valence-electron chi connectivity index (χ1n) is 7.92. The third kappa shape index (κ3) is 3.74. The van der Waals surface area contributed by atoms with E-state index in [1.165, 1.54) is 12.1 Å². The highest BCUT2D eigenvalue weighted by molar-refractivity contribution is 5.95. The van der Waals surface area contributed by atoms with E-state index in [0.29, 0.717) is 0 Å². The van der Waals surface area contributed by atoms with Crippen LogP contribution in [-0.4, -0.2) is 5.91 Å². The molecule has 0 saturated carbocycles. The number of hydrogen-bond acceptors (Lipinski definition) is 1. The fraction of sp³-hybridized carbons (Fsp3) is 0.0952. The van der Waals surface area contributed by atoms with E-state index in [4.69, 9.17) is 0 Å². The molecule has 126 valence electrons. The zero-order chi connectivity index (χ0) is 17.8. The second kappa shape index (κ2) is 7.26. The summed E-state index contributed by atoms with van der Waals surface area (Å²) in [4.78, 5) is 12.5. The van der Waals surface area contributed by atoms with Gasteiger partial charge in [-0.15, -0.1) is 0 Å². The molecule has 4 heteroatoms. The summed E-state index contributed by atoms with van der Waals surface area (Å²) in [7, 11) is 0. The monoisotopic (exact) mass is 337 g/mol. The molecule has 3 aromatic carbocycles. The SMILES string of the molecule is Cc1ccc(C(NC(=O)c2cccc(F)c2F)c2ccccc2)cc1. The molecule has 0 saturated heterocycles. The minimum Gasteiger partial charge on any atom is -0.341 e. The number of amides is 1. The summed E-state index contributed by atoms with van der Waals surface area (Å²) in [5.41, 5.74) is 2.50. The first-order chi connectivity index (χ1) is 12.1. The highest BCUT2D eigenvalue weighted by Crippen LogP contribution is 2.23. The van der Waals surface area contributed by atoms with Crippen molar-refractivity contribution in [2.24, 2.45) is 0 Å². The zero-order valence-electron chi connectivity index (χ0n) is 13.7. The van der Waals surface area contributed by atoms with Crippen molar-refractivity contribution >= 4 is 5.91 Å². The van der Waals surface area contributed by atoms with E-state index in [2.05, 4.69) is 5.32 Å². The van der Waals surface area contributed by atoms with E-state index in [1.807, 2.05) is 61.5 Å². The molecule has 3 aromatic rings. The van der Waals surface area contributed by atoms with Gasteiger partial charge < -0.3 is 5.32 Å². The van der Waals surface area contributed by atoms with Crippen molar-refractivity contribution in [2.75, 3.05) is 0 Å². The number of rotatable bonds is 4. The Hall–Kier alpha value is -3.01. The molecule has 1 amide bonds. The Morgan fingerprint density at radius 1 is 0.840 bits per heavy atom. The number of halogens is 2. The summed E-state index contributed by atoms with van der Waals surface area (Å²) in [5, 5.41) is 2.81. The zero-order valence-corrected chi connectivity index (χ0v) is 13.7. The van der Waals surface area contributed by atoms with Gasteiger partial charge in [-0.3, -0.25) is 4.79 Å². The predicted octanol–water partition coefficient (Wildman–Crippen LogP) is 4.79. The normalized spacial score (nSPS) is 11.8.